The number of hydrogen-bond donors (Lipinski definition) is 2. The minimum atomic E-state index is -4.19. The lowest BCUT2D eigenvalue weighted by atomic mass is 10.0. The van der Waals surface area contributed by atoms with E-state index < -0.39 is 18.6 Å². The van der Waals surface area contributed by atoms with E-state index in [9.17, 15) is 18.3 Å². The third kappa shape index (κ3) is 5.66. The summed E-state index contributed by atoms with van der Waals surface area (Å²) < 4.78 is 37.3. The van der Waals surface area contributed by atoms with Crippen molar-refractivity contribution >= 4 is 57.6 Å². The van der Waals surface area contributed by atoms with Crippen LogP contribution in [0.25, 0.3) is 0 Å². The van der Waals surface area contributed by atoms with Crippen molar-refractivity contribution in [3.8, 4) is 5.75 Å². The Morgan fingerprint density at radius 2 is 1.67 bits per heavy atom. The lowest BCUT2D eigenvalue weighted by Crippen LogP contribution is -2.16. The average Bonchev–Trinajstić information content (AvgIpc) is 2.20. The van der Waals surface area contributed by atoms with Gasteiger partial charge < -0.3 is 10.8 Å². The second-order valence-electron chi connectivity index (χ2n) is 3.59. The lowest BCUT2D eigenvalue weighted by molar-refractivity contribution is -0.136. The number of hydrogen-bond acceptors (Lipinski definition) is 2. The largest absolute Gasteiger partial charge is 0.506 e. The van der Waals surface area contributed by atoms with Crippen molar-refractivity contribution in [1.82, 2.24) is 0 Å². The van der Waals surface area contributed by atoms with Gasteiger partial charge in [-0.15, -0.1) is 12.4 Å². The van der Waals surface area contributed by atoms with E-state index in [1.165, 1.54) is 0 Å². The molecule has 0 amide bonds. The van der Waals surface area contributed by atoms with Crippen molar-refractivity contribution < 1.29 is 18.3 Å². The van der Waals surface area contributed by atoms with E-state index in [0.717, 1.165) is 0 Å². The molecule has 0 unspecified atom stereocenters. The summed E-state index contributed by atoms with van der Waals surface area (Å²) in [6.07, 6.45) is -5.24. The monoisotopic (exact) mass is 507 g/mol. The standard InChI is InChI=1S/C10H10F3I2NO.ClH/c11-10(12,13)2-1-8(16)5-3-6(14)9(17)7(15)4-5;/h3-4,8,17H,1-2,16H2;1H/t8-;/m1./s1. The molecule has 0 fully saturated rings. The van der Waals surface area contributed by atoms with Crippen molar-refractivity contribution in [2.45, 2.75) is 25.1 Å². The number of phenolic OH excluding ortho intramolecular Hbond substituents is 1. The van der Waals surface area contributed by atoms with Gasteiger partial charge in [0, 0.05) is 12.5 Å². The van der Waals surface area contributed by atoms with Crippen LogP contribution < -0.4 is 5.73 Å². The van der Waals surface area contributed by atoms with Crippen LogP contribution in [0.3, 0.4) is 0 Å². The Morgan fingerprint density at radius 3 is 2.06 bits per heavy atom. The van der Waals surface area contributed by atoms with Crippen molar-refractivity contribution in [3.05, 3.63) is 24.8 Å². The van der Waals surface area contributed by atoms with E-state index >= 15 is 0 Å². The van der Waals surface area contributed by atoms with Crippen LogP contribution in [-0.4, -0.2) is 11.3 Å². The number of nitrogens with two attached hydrogens (primary N) is 1. The van der Waals surface area contributed by atoms with E-state index in [1.807, 2.05) is 45.2 Å². The summed E-state index contributed by atoms with van der Waals surface area (Å²) in [7, 11) is 0. The maximum Gasteiger partial charge on any atom is 0.389 e. The summed E-state index contributed by atoms with van der Waals surface area (Å²) in [5, 5.41) is 9.54. The normalized spacial score (nSPS) is 13.0. The summed E-state index contributed by atoms with van der Waals surface area (Å²) >= 11 is 3.84. The molecular weight excluding hydrogens is 496 g/mol. The predicted octanol–water partition coefficient (Wildman–Crippen LogP) is 4.37. The van der Waals surface area contributed by atoms with Gasteiger partial charge in [-0.05, 0) is 69.3 Å². The minimum Gasteiger partial charge on any atom is -0.506 e. The topological polar surface area (TPSA) is 46.2 Å². The smallest absolute Gasteiger partial charge is 0.389 e. The molecule has 0 aromatic heterocycles. The highest BCUT2D eigenvalue weighted by atomic mass is 127. The third-order valence-corrected chi connectivity index (χ3v) is 3.85. The molecular formula is C10H11ClF3I2NO. The van der Waals surface area contributed by atoms with Crippen LogP contribution in [0.15, 0.2) is 12.1 Å². The SMILES string of the molecule is Cl.N[C@H](CCC(F)(F)F)c1cc(I)c(O)c(I)c1. The number of rotatable bonds is 3. The second-order valence-corrected chi connectivity index (χ2v) is 5.92. The third-order valence-electron chi connectivity index (χ3n) is 2.21. The summed E-state index contributed by atoms with van der Waals surface area (Å²) in [5.74, 6) is 0.137. The number of aromatic hydroxyl groups is 1. The van der Waals surface area contributed by atoms with Gasteiger partial charge in [0.15, 0.2) is 0 Å². The van der Waals surface area contributed by atoms with E-state index in [1.54, 1.807) is 12.1 Å². The zero-order chi connectivity index (χ0) is 13.2. The van der Waals surface area contributed by atoms with Crippen LogP contribution in [0.1, 0.15) is 24.4 Å². The molecule has 0 aliphatic rings. The van der Waals surface area contributed by atoms with Crippen molar-refractivity contribution in [2.24, 2.45) is 5.73 Å². The summed E-state index contributed by atoms with van der Waals surface area (Å²) in [6.45, 7) is 0. The Kier molecular flexibility index (Phi) is 7.55. The quantitative estimate of drug-likeness (QED) is 0.598. The first-order chi connectivity index (χ1) is 7.70. The number of alkyl halides is 3. The Balaban J connectivity index is 0.00000289. The van der Waals surface area contributed by atoms with Crippen LogP contribution >= 0.6 is 57.6 Å². The van der Waals surface area contributed by atoms with Crippen LogP contribution in [-0.2, 0) is 0 Å². The molecule has 1 atom stereocenters. The molecule has 18 heavy (non-hydrogen) atoms. The average molecular weight is 507 g/mol. The highest BCUT2D eigenvalue weighted by molar-refractivity contribution is 14.1. The molecule has 1 aromatic rings. The molecule has 0 saturated carbocycles. The predicted molar refractivity (Wildman–Crippen MR) is 83.0 cm³/mol. The van der Waals surface area contributed by atoms with Gasteiger partial charge in [-0.3, -0.25) is 0 Å². The van der Waals surface area contributed by atoms with Gasteiger partial charge >= 0.3 is 6.18 Å². The maximum absolute atomic E-state index is 12.1. The van der Waals surface area contributed by atoms with Crippen molar-refractivity contribution in [1.29, 1.82) is 0 Å². The first kappa shape index (κ1) is 18.5. The van der Waals surface area contributed by atoms with Gasteiger partial charge in [0.1, 0.15) is 5.75 Å². The van der Waals surface area contributed by atoms with E-state index in [0.29, 0.717) is 12.7 Å². The molecule has 2 nitrogen and oxygen atoms in total. The summed E-state index contributed by atoms with van der Waals surface area (Å²) in [5.41, 5.74) is 6.31. The van der Waals surface area contributed by atoms with Crippen molar-refractivity contribution in [3.63, 3.8) is 0 Å². The first-order valence-corrected chi connectivity index (χ1v) is 6.86. The van der Waals surface area contributed by atoms with Gasteiger partial charge in [-0.25, -0.2) is 0 Å². The van der Waals surface area contributed by atoms with E-state index in [2.05, 4.69) is 0 Å². The summed E-state index contributed by atoms with van der Waals surface area (Å²) in [4.78, 5) is 0. The van der Waals surface area contributed by atoms with Gasteiger partial charge in [0.25, 0.3) is 0 Å². The molecule has 0 heterocycles. The molecule has 3 N–H and O–H groups in total. The highest BCUT2D eigenvalue weighted by Crippen LogP contribution is 2.32. The molecule has 0 aliphatic heterocycles. The lowest BCUT2D eigenvalue weighted by Gasteiger charge is -2.15. The van der Waals surface area contributed by atoms with Gasteiger partial charge in [0.2, 0.25) is 0 Å². The molecule has 104 valence electrons. The number of benzene rings is 1. The van der Waals surface area contributed by atoms with Crippen LogP contribution in [0.2, 0.25) is 0 Å². The fourth-order valence-electron chi connectivity index (χ4n) is 1.29. The Morgan fingerprint density at radius 1 is 1.22 bits per heavy atom. The molecule has 1 aromatic carbocycles. The van der Waals surface area contributed by atoms with Gasteiger partial charge in [-0.1, -0.05) is 0 Å². The van der Waals surface area contributed by atoms with E-state index in [-0.39, 0.29) is 24.6 Å². The maximum atomic E-state index is 12.1. The number of halogens is 6. The Labute approximate surface area is 136 Å². The second kappa shape index (κ2) is 7.34. The van der Waals surface area contributed by atoms with E-state index in [4.69, 9.17) is 5.73 Å². The van der Waals surface area contributed by atoms with Crippen LogP contribution in [0.5, 0.6) is 5.75 Å². The molecule has 0 saturated heterocycles. The summed E-state index contributed by atoms with van der Waals surface area (Å²) in [6, 6.07) is 2.55. The molecule has 0 bridgehead atoms. The first-order valence-electron chi connectivity index (χ1n) is 4.71. The highest BCUT2D eigenvalue weighted by Gasteiger charge is 2.28. The molecule has 1 rings (SSSR count). The van der Waals surface area contributed by atoms with Gasteiger partial charge in [0.05, 0.1) is 7.14 Å². The van der Waals surface area contributed by atoms with Gasteiger partial charge in [-0.2, -0.15) is 13.2 Å². The molecule has 8 heteroatoms. The molecule has 0 spiro atoms. The Bertz CT molecular complexity index is 392. The zero-order valence-electron chi connectivity index (χ0n) is 8.97. The molecule has 0 aliphatic carbocycles. The fraction of sp³-hybridized carbons (Fsp3) is 0.400. The zero-order valence-corrected chi connectivity index (χ0v) is 14.1. The van der Waals surface area contributed by atoms with Crippen LogP contribution in [0.4, 0.5) is 13.2 Å². The minimum absolute atomic E-state index is 0. The van der Waals surface area contributed by atoms with Crippen LogP contribution in [0, 0.1) is 7.14 Å². The number of phenols is 1. The Hall–Kier alpha value is 0.520. The van der Waals surface area contributed by atoms with Crippen molar-refractivity contribution in [2.75, 3.05) is 0 Å². The fourth-order valence-corrected chi connectivity index (χ4v) is 3.10. The molecule has 0 radical (unpaired) electrons.